The number of hydrogen-bond donors (Lipinski definition) is 0. The molecule has 1 fully saturated rings. The smallest absolute Gasteiger partial charge is 0.209 e. The molecule has 0 aromatic rings. The Balaban J connectivity index is 2.42. The van der Waals surface area contributed by atoms with Gasteiger partial charge < -0.3 is 14.7 Å². The van der Waals surface area contributed by atoms with Crippen LogP contribution in [0.4, 0.5) is 0 Å². The summed E-state index contributed by atoms with van der Waals surface area (Å²) < 4.78 is 0. The van der Waals surface area contributed by atoms with E-state index in [0.717, 1.165) is 45.3 Å². The highest BCUT2D eigenvalue weighted by molar-refractivity contribution is 5.49. The number of rotatable bonds is 12. The van der Waals surface area contributed by atoms with Gasteiger partial charge in [-0.25, -0.2) is 0 Å². The lowest BCUT2D eigenvalue weighted by atomic mass is 10.1. The van der Waals surface area contributed by atoms with Crippen LogP contribution in [0.2, 0.25) is 0 Å². The highest BCUT2D eigenvalue weighted by Crippen LogP contribution is 2.09. The Labute approximate surface area is 171 Å². The van der Waals surface area contributed by atoms with E-state index >= 15 is 0 Å². The summed E-state index contributed by atoms with van der Waals surface area (Å²) in [5.74, 6) is 0. The second-order valence-electron chi connectivity index (χ2n) is 7.74. The maximum Gasteiger partial charge on any atom is 0.209 e. The summed E-state index contributed by atoms with van der Waals surface area (Å²) in [4.78, 5) is 41.3. The van der Waals surface area contributed by atoms with Crippen molar-refractivity contribution in [3.05, 3.63) is 0 Å². The number of carbonyl (C=O) groups is 3. The molecule has 0 bridgehead atoms. The third-order valence-corrected chi connectivity index (χ3v) is 5.53. The highest BCUT2D eigenvalue weighted by atomic mass is 16.1. The molecule has 0 spiro atoms. The molecule has 0 N–H and O–H groups in total. The monoisotopic (exact) mass is 396 g/mol. The highest BCUT2D eigenvalue weighted by Gasteiger charge is 2.14. The molecule has 7 heteroatoms. The van der Waals surface area contributed by atoms with E-state index in [1.54, 1.807) is 14.7 Å². The molecule has 162 valence electrons. The van der Waals surface area contributed by atoms with Gasteiger partial charge in [-0.3, -0.25) is 19.3 Å². The summed E-state index contributed by atoms with van der Waals surface area (Å²) in [6.45, 7) is 8.28. The molecule has 1 aliphatic heterocycles. The molecule has 0 aliphatic carbocycles. The summed E-state index contributed by atoms with van der Waals surface area (Å²) in [5.41, 5.74) is 0. The van der Waals surface area contributed by atoms with Crippen molar-refractivity contribution in [2.75, 3.05) is 58.9 Å². The molecule has 7 nitrogen and oxygen atoms in total. The molecular formula is C21H40N4O3. The van der Waals surface area contributed by atoms with Crippen LogP contribution in [0, 0.1) is 0 Å². The van der Waals surface area contributed by atoms with Crippen LogP contribution in [0.3, 0.4) is 0 Å². The first-order chi connectivity index (χ1) is 13.7. The fraction of sp³-hybridized carbons (Fsp3) is 0.857. The average molecular weight is 397 g/mol. The zero-order valence-electron chi connectivity index (χ0n) is 17.8. The van der Waals surface area contributed by atoms with Crippen molar-refractivity contribution in [2.45, 2.75) is 58.3 Å². The van der Waals surface area contributed by atoms with Crippen molar-refractivity contribution in [1.82, 2.24) is 19.6 Å². The minimum Gasteiger partial charge on any atom is -0.342 e. The number of amides is 3. The van der Waals surface area contributed by atoms with Gasteiger partial charge in [0.1, 0.15) is 0 Å². The number of hydrogen-bond acceptors (Lipinski definition) is 4. The molecule has 3 amide bonds. The second kappa shape index (κ2) is 16.3. The largest absolute Gasteiger partial charge is 0.342 e. The van der Waals surface area contributed by atoms with Gasteiger partial charge in [0.2, 0.25) is 19.2 Å². The lowest BCUT2D eigenvalue weighted by Crippen LogP contribution is -2.45. The van der Waals surface area contributed by atoms with Gasteiger partial charge >= 0.3 is 0 Å². The van der Waals surface area contributed by atoms with E-state index in [4.69, 9.17) is 0 Å². The zero-order chi connectivity index (χ0) is 20.5. The van der Waals surface area contributed by atoms with Crippen LogP contribution in [0.25, 0.3) is 0 Å². The van der Waals surface area contributed by atoms with Gasteiger partial charge in [0.25, 0.3) is 0 Å². The Morgan fingerprint density at radius 3 is 1.29 bits per heavy atom. The third kappa shape index (κ3) is 11.3. The summed E-state index contributed by atoms with van der Waals surface area (Å²) in [7, 11) is 0. The lowest BCUT2D eigenvalue weighted by molar-refractivity contribution is -0.123. The maximum absolute atomic E-state index is 11.3. The predicted octanol–water partition coefficient (Wildman–Crippen LogP) is 1.82. The fourth-order valence-corrected chi connectivity index (χ4v) is 3.51. The van der Waals surface area contributed by atoms with E-state index in [0.29, 0.717) is 39.3 Å². The van der Waals surface area contributed by atoms with Gasteiger partial charge in [0, 0.05) is 52.4 Å². The standard InChI is InChI=1S/C21H40N4O3/c1-2-3-4-5-6-7-8-9-10-22-11-13-23(19-26)15-17-25(21-28)18-16-24(20-27)14-12-22/h19-21H,2-18H2,1H3. The Morgan fingerprint density at radius 1 is 0.536 bits per heavy atom. The Kier molecular flexibility index (Phi) is 14.2. The second-order valence-corrected chi connectivity index (χ2v) is 7.74. The molecule has 0 unspecified atom stereocenters. The van der Waals surface area contributed by atoms with Gasteiger partial charge in [0.15, 0.2) is 0 Å². The summed E-state index contributed by atoms with van der Waals surface area (Å²) in [6.07, 6.45) is 12.9. The molecule has 0 saturated carbocycles. The van der Waals surface area contributed by atoms with Crippen LogP contribution in [-0.4, -0.2) is 97.7 Å². The normalized spacial score (nSPS) is 17.7. The molecule has 0 radical (unpaired) electrons. The molecule has 0 aromatic heterocycles. The SMILES string of the molecule is CCCCCCCCCCN1CCN(C=O)CCN(C=O)CCN(C=O)CC1. The summed E-state index contributed by atoms with van der Waals surface area (Å²) >= 11 is 0. The predicted molar refractivity (Wildman–Crippen MR) is 112 cm³/mol. The van der Waals surface area contributed by atoms with Crippen molar-refractivity contribution < 1.29 is 14.4 Å². The van der Waals surface area contributed by atoms with Crippen LogP contribution in [-0.2, 0) is 14.4 Å². The molecule has 28 heavy (non-hydrogen) atoms. The summed E-state index contributed by atoms with van der Waals surface area (Å²) in [6, 6.07) is 0. The molecule has 0 aromatic carbocycles. The van der Waals surface area contributed by atoms with Crippen LogP contribution >= 0.6 is 0 Å². The first-order valence-corrected chi connectivity index (χ1v) is 11.0. The quantitative estimate of drug-likeness (QED) is 0.373. The minimum absolute atomic E-state index is 0.507. The molecule has 1 aliphatic rings. The van der Waals surface area contributed by atoms with E-state index in [2.05, 4.69) is 11.8 Å². The lowest BCUT2D eigenvalue weighted by Gasteiger charge is -2.31. The summed E-state index contributed by atoms with van der Waals surface area (Å²) in [5, 5.41) is 0. The van der Waals surface area contributed by atoms with Gasteiger partial charge in [-0.2, -0.15) is 0 Å². The van der Waals surface area contributed by atoms with Crippen molar-refractivity contribution >= 4 is 19.2 Å². The van der Waals surface area contributed by atoms with E-state index in [-0.39, 0.29) is 0 Å². The first kappa shape index (κ1) is 24.4. The van der Waals surface area contributed by atoms with Crippen LogP contribution in [0.1, 0.15) is 58.3 Å². The van der Waals surface area contributed by atoms with Crippen molar-refractivity contribution in [2.24, 2.45) is 0 Å². The van der Waals surface area contributed by atoms with Gasteiger partial charge in [0.05, 0.1) is 0 Å². The number of nitrogens with zero attached hydrogens (tertiary/aromatic N) is 4. The fourth-order valence-electron chi connectivity index (χ4n) is 3.51. The Hall–Kier alpha value is -1.63. The maximum atomic E-state index is 11.3. The van der Waals surface area contributed by atoms with Gasteiger partial charge in [-0.15, -0.1) is 0 Å². The van der Waals surface area contributed by atoms with Crippen molar-refractivity contribution in [3.8, 4) is 0 Å². The van der Waals surface area contributed by atoms with E-state index in [1.807, 2.05) is 0 Å². The minimum atomic E-state index is 0.507. The van der Waals surface area contributed by atoms with Crippen LogP contribution in [0.15, 0.2) is 0 Å². The number of carbonyl (C=O) groups excluding carboxylic acids is 3. The Morgan fingerprint density at radius 2 is 0.893 bits per heavy atom. The average Bonchev–Trinajstić information content (AvgIpc) is 2.71. The topological polar surface area (TPSA) is 64.2 Å². The first-order valence-electron chi connectivity index (χ1n) is 11.0. The van der Waals surface area contributed by atoms with Crippen LogP contribution in [0.5, 0.6) is 0 Å². The van der Waals surface area contributed by atoms with E-state index in [9.17, 15) is 14.4 Å². The molecule has 1 saturated heterocycles. The van der Waals surface area contributed by atoms with Crippen molar-refractivity contribution in [3.63, 3.8) is 0 Å². The molecule has 1 heterocycles. The molecule has 1 rings (SSSR count). The molecular weight excluding hydrogens is 356 g/mol. The van der Waals surface area contributed by atoms with E-state index in [1.165, 1.54) is 44.9 Å². The third-order valence-electron chi connectivity index (χ3n) is 5.53. The number of unbranched alkanes of at least 4 members (excludes halogenated alkanes) is 7. The van der Waals surface area contributed by atoms with Crippen molar-refractivity contribution in [1.29, 1.82) is 0 Å². The van der Waals surface area contributed by atoms with Gasteiger partial charge in [-0.05, 0) is 13.0 Å². The van der Waals surface area contributed by atoms with E-state index < -0.39 is 0 Å². The van der Waals surface area contributed by atoms with Crippen LogP contribution < -0.4 is 0 Å². The molecule has 0 atom stereocenters. The zero-order valence-corrected chi connectivity index (χ0v) is 17.8. The Bertz CT molecular complexity index is 398. The van der Waals surface area contributed by atoms with Gasteiger partial charge in [-0.1, -0.05) is 51.9 Å².